The molecular weight excluding hydrogens is 271 g/mol. The zero-order valence-corrected chi connectivity index (χ0v) is 10.7. The number of nitrogens with two attached hydrogens (primary N) is 1. The fourth-order valence-corrected chi connectivity index (χ4v) is 2.83. The van der Waals surface area contributed by atoms with Gasteiger partial charge in [0.05, 0.1) is 0 Å². The van der Waals surface area contributed by atoms with Crippen molar-refractivity contribution in [3.05, 3.63) is 0 Å². The van der Waals surface area contributed by atoms with E-state index < -0.39 is 28.5 Å². The van der Waals surface area contributed by atoms with E-state index in [1.54, 1.807) is 0 Å². The first kappa shape index (κ1) is 15.7. The van der Waals surface area contributed by atoms with E-state index in [9.17, 15) is 21.6 Å². The van der Waals surface area contributed by atoms with E-state index in [0.717, 1.165) is 19.3 Å². The van der Waals surface area contributed by atoms with Crippen molar-refractivity contribution in [2.24, 2.45) is 5.73 Å². The molecule has 0 bridgehead atoms. The average Bonchev–Trinajstić information content (AvgIpc) is 2.25. The molecule has 18 heavy (non-hydrogen) atoms. The van der Waals surface area contributed by atoms with E-state index in [-0.39, 0.29) is 6.54 Å². The van der Waals surface area contributed by atoms with E-state index >= 15 is 0 Å². The molecule has 1 saturated carbocycles. The van der Waals surface area contributed by atoms with E-state index in [4.69, 9.17) is 5.73 Å². The fourth-order valence-electron chi connectivity index (χ4n) is 1.90. The van der Waals surface area contributed by atoms with Crippen molar-refractivity contribution in [3.8, 4) is 0 Å². The highest BCUT2D eigenvalue weighted by atomic mass is 32.2. The lowest BCUT2D eigenvalue weighted by Gasteiger charge is -2.33. The van der Waals surface area contributed by atoms with E-state index in [1.807, 2.05) is 0 Å². The molecule has 1 rings (SSSR count). The minimum Gasteiger partial charge on any atom is -0.324 e. The summed E-state index contributed by atoms with van der Waals surface area (Å²) < 4.78 is 61.7. The molecule has 5 nitrogen and oxygen atoms in total. The number of hydrogen-bond acceptors (Lipinski definition) is 3. The van der Waals surface area contributed by atoms with Crippen LogP contribution in [0.2, 0.25) is 0 Å². The minimum atomic E-state index is -4.57. The van der Waals surface area contributed by atoms with Crippen LogP contribution < -0.4 is 15.2 Å². The zero-order chi connectivity index (χ0) is 13.9. The Hall–Kier alpha value is -0.380. The summed E-state index contributed by atoms with van der Waals surface area (Å²) in [5, 5.41) is 0. The van der Waals surface area contributed by atoms with Gasteiger partial charge in [-0.2, -0.15) is 26.3 Å². The lowest BCUT2D eigenvalue weighted by atomic mass is 9.83. The van der Waals surface area contributed by atoms with E-state index in [1.165, 1.54) is 4.72 Å². The zero-order valence-electron chi connectivity index (χ0n) is 9.89. The van der Waals surface area contributed by atoms with Gasteiger partial charge in [0.15, 0.2) is 0 Å². The number of hydrogen-bond donors (Lipinski definition) is 3. The number of nitrogens with one attached hydrogen (secondary N) is 2. The van der Waals surface area contributed by atoms with Gasteiger partial charge in [0.1, 0.15) is 6.54 Å². The maximum Gasteiger partial charge on any atom is 0.402 e. The largest absolute Gasteiger partial charge is 0.402 e. The molecule has 1 aliphatic rings. The molecule has 9 heteroatoms. The molecule has 0 aromatic rings. The Morgan fingerprint density at radius 2 is 1.67 bits per heavy atom. The number of halogens is 3. The Balaban J connectivity index is 2.41. The summed E-state index contributed by atoms with van der Waals surface area (Å²) >= 11 is 0. The molecule has 1 fully saturated rings. The standard InChI is InChI=1S/C9H18F3N3O2S/c10-9(11,12)7-15-18(16,17)14-6-8(13)4-2-1-3-5-8/h14-15H,1-7,13H2. The highest BCUT2D eigenvalue weighted by Gasteiger charge is 2.32. The van der Waals surface area contributed by atoms with Gasteiger partial charge in [-0.15, -0.1) is 0 Å². The van der Waals surface area contributed by atoms with Gasteiger partial charge in [-0.25, -0.2) is 4.72 Å². The summed E-state index contributed by atoms with van der Waals surface area (Å²) in [7, 11) is -4.15. The fraction of sp³-hybridized carbons (Fsp3) is 1.00. The molecule has 0 aromatic heterocycles. The van der Waals surface area contributed by atoms with Gasteiger partial charge in [-0.05, 0) is 12.8 Å². The average molecular weight is 289 g/mol. The third-order valence-corrected chi connectivity index (χ3v) is 3.97. The monoisotopic (exact) mass is 289 g/mol. The molecule has 0 aromatic carbocycles. The van der Waals surface area contributed by atoms with Crippen molar-refractivity contribution < 1.29 is 21.6 Å². The van der Waals surface area contributed by atoms with Crippen LogP contribution >= 0.6 is 0 Å². The van der Waals surface area contributed by atoms with Crippen LogP contribution in [0.1, 0.15) is 32.1 Å². The Morgan fingerprint density at radius 1 is 1.11 bits per heavy atom. The highest BCUT2D eigenvalue weighted by Crippen LogP contribution is 2.25. The summed E-state index contributed by atoms with van der Waals surface area (Å²) in [6.45, 7) is -1.62. The molecule has 108 valence electrons. The second-order valence-corrected chi connectivity index (χ2v) is 6.27. The van der Waals surface area contributed by atoms with Crippen molar-refractivity contribution in [1.82, 2.24) is 9.44 Å². The molecule has 0 radical (unpaired) electrons. The predicted molar refractivity (Wildman–Crippen MR) is 61.0 cm³/mol. The molecule has 4 N–H and O–H groups in total. The first-order chi connectivity index (χ1) is 8.12. The van der Waals surface area contributed by atoms with Crippen LogP contribution in [0.3, 0.4) is 0 Å². The molecule has 0 spiro atoms. The van der Waals surface area contributed by atoms with Gasteiger partial charge in [0.25, 0.3) is 10.2 Å². The summed E-state index contributed by atoms with van der Waals surface area (Å²) in [5.74, 6) is 0. The maximum absolute atomic E-state index is 11.9. The van der Waals surface area contributed by atoms with Gasteiger partial charge in [-0.1, -0.05) is 19.3 Å². The second-order valence-electron chi connectivity index (χ2n) is 4.68. The molecule has 0 atom stereocenters. The molecule has 0 aliphatic heterocycles. The summed E-state index contributed by atoms with van der Waals surface area (Å²) in [4.78, 5) is 0. The van der Waals surface area contributed by atoms with Crippen molar-refractivity contribution in [2.75, 3.05) is 13.1 Å². The van der Waals surface area contributed by atoms with Crippen LogP contribution in [0, 0.1) is 0 Å². The Kier molecular flexibility index (Phi) is 4.98. The topological polar surface area (TPSA) is 84.2 Å². The minimum absolute atomic E-state index is 0.0415. The van der Waals surface area contributed by atoms with Gasteiger partial charge in [0, 0.05) is 12.1 Å². The Labute approximate surface area is 104 Å². The van der Waals surface area contributed by atoms with E-state index in [0.29, 0.717) is 12.8 Å². The Morgan fingerprint density at radius 3 is 2.17 bits per heavy atom. The first-order valence-corrected chi connectivity index (χ1v) is 7.20. The lowest BCUT2D eigenvalue weighted by Crippen LogP contribution is -2.53. The van der Waals surface area contributed by atoms with Gasteiger partial charge >= 0.3 is 6.18 Å². The van der Waals surface area contributed by atoms with Crippen LogP contribution in [0.4, 0.5) is 13.2 Å². The third-order valence-electron chi connectivity index (χ3n) is 2.93. The number of rotatable bonds is 5. The van der Waals surface area contributed by atoms with Gasteiger partial charge in [0.2, 0.25) is 0 Å². The maximum atomic E-state index is 11.9. The molecule has 0 heterocycles. The second kappa shape index (κ2) is 5.72. The summed E-state index contributed by atoms with van der Waals surface area (Å²) in [6, 6.07) is 0. The molecule has 0 unspecified atom stereocenters. The molecule has 0 saturated heterocycles. The van der Waals surface area contributed by atoms with Crippen LogP contribution in [0.5, 0.6) is 0 Å². The molecule has 1 aliphatic carbocycles. The van der Waals surface area contributed by atoms with Crippen LogP contribution in [0.25, 0.3) is 0 Å². The van der Waals surface area contributed by atoms with Gasteiger partial charge in [-0.3, -0.25) is 0 Å². The third kappa shape index (κ3) is 5.98. The predicted octanol–water partition coefficient (Wildman–Crippen LogP) is 0.634. The van der Waals surface area contributed by atoms with Crippen LogP contribution in [-0.2, 0) is 10.2 Å². The van der Waals surface area contributed by atoms with E-state index in [2.05, 4.69) is 4.72 Å². The SMILES string of the molecule is NC1(CNS(=O)(=O)NCC(F)(F)F)CCCCC1. The van der Waals surface area contributed by atoms with Gasteiger partial charge < -0.3 is 5.73 Å². The number of alkyl halides is 3. The molecule has 0 amide bonds. The first-order valence-electron chi connectivity index (χ1n) is 5.72. The smallest absolute Gasteiger partial charge is 0.324 e. The van der Waals surface area contributed by atoms with Crippen LogP contribution in [-0.4, -0.2) is 33.2 Å². The van der Waals surface area contributed by atoms with Crippen molar-refractivity contribution >= 4 is 10.2 Å². The molecular formula is C9H18F3N3O2S. The summed E-state index contributed by atoms with van der Waals surface area (Å²) in [5.41, 5.74) is 5.32. The van der Waals surface area contributed by atoms with Crippen LogP contribution in [0.15, 0.2) is 0 Å². The quantitative estimate of drug-likeness (QED) is 0.694. The highest BCUT2D eigenvalue weighted by molar-refractivity contribution is 7.87. The Bertz CT molecular complexity index is 364. The normalized spacial score (nSPS) is 20.9. The lowest BCUT2D eigenvalue weighted by molar-refractivity contribution is -0.121. The van der Waals surface area contributed by atoms with Crippen molar-refractivity contribution in [3.63, 3.8) is 0 Å². The van der Waals surface area contributed by atoms with Crippen molar-refractivity contribution in [2.45, 2.75) is 43.8 Å². The summed E-state index contributed by atoms with van der Waals surface area (Å²) in [6.07, 6.45) is -0.343. The van der Waals surface area contributed by atoms with Crippen molar-refractivity contribution in [1.29, 1.82) is 0 Å².